The number of furan rings is 2. The Labute approximate surface area is 348 Å². The Morgan fingerprint density at radius 2 is 0.900 bits per heavy atom. The quantitative estimate of drug-likeness (QED) is 0.169. The molecule has 2 aromatic heterocycles. The maximum absolute atomic E-state index is 6.64. The number of rotatable bonds is 6. The van der Waals surface area contributed by atoms with Crippen LogP contribution in [-0.4, -0.2) is 0 Å². The van der Waals surface area contributed by atoms with E-state index in [1.54, 1.807) is 0 Å². The van der Waals surface area contributed by atoms with E-state index in [0.717, 1.165) is 72.1 Å². The van der Waals surface area contributed by atoms with Gasteiger partial charge in [0.15, 0.2) is 5.58 Å². The molecule has 0 N–H and O–H groups in total. The zero-order chi connectivity index (χ0) is 40.0. The fourth-order valence-corrected chi connectivity index (χ4v) is 9.73. The Hall–Kier alpha value is -7.62. The Balaban J connectivity index is 0.957. The maximum Gasteiger partial charge on any atom is 0.159 e. The molecule has 3 nitrogen and oxygen atoms in total. The van der Waals surface area contributed by atoms with Gasteiger partial charge in [-0.25, -0.2) is 0 Å². The molecule has 0 spiro atoms. The lowest BCUT2D eigenvalue weighted by molar-refractivity contribution is 0.660. The van der Waals surface area contributed by atoms with Crippen molar-refractivity contribution in [1.29, 1.82) is 0 Å². The second-order valence-corrected chi connectivity index (χ2v) is 16.4. The van der Waals surface area contributed by atoms with Crippen LogP contribution in [0.5, 0.6) is 0 Å². The minimum Gasteiger partial charge on any atom is -0.455 e. The van der Waals surface area contributed by atoms with E-state index in [2.05, 4.69) is 195 Å². The van der Waals surface area contributed by atoms with Crippen LogP contribution in [0, 0.1) is 0 Å². The normalized spacial score (nSPS) is 13.0. The van der Waals surface area contributed by atoms with Crippen molar-refractivity contribution in [3.8, 4) is 44.5 Å². The minimum absolute atomic E-state index is 0.129. The number of anilines is 3. The second kappa shape index (κ2) is 13.2. The summed E-state index contributed by atoms with van der Waals surface area (Å²) in [6.45, 7) is 4.72. The highest BCUT2D eigenvalue weighted by molar-refractivity contribution is 6.11. The Kier molecular flexibility index (Phi) is 7.58. The molecule has 11 aromatic rings. The van der Waals surface area contributed by atoms with Crippen molar-refractivity contribution in [2.45, 2.75) is 19.3 Å². The van der Waals surface area contributed by atoms with Crippen LogP contribution in [0.3, 0.4) is 0 Å². The highest BCUT2D eigenvalue weighted by Crippen LogP contribution is 2.53. The number of nitrogens with zero attached hydrogens (tertiary/aromatic N) is 1. The van der Waals surface area contributed by atoms with Crippen LogP contribution in [0.25, 0.3) is 88.4 Å². The summed E-state index contributed by atoms with van der Waals surface area (Å²) in [5.41, 5.74) is 18.9. The smallest absolute Gasteiger partial charge is 0.159 e. The molecule has 3 heteroatoms. The molecule has 0 radical (unpaired) electrons. The third kappa shape index (κ3) is 5.22. The van der Waals surface area contributed by atoms with Crippen LogP contribution in [0.1, 0.15) is 25.0 Å². The highest BCUT2D eigenvalue weighted by atomic mass is 16.3. The van der Waals surface area contributed by atoms with Crippen molar-refractivity contribution < 1.29 is 8.83 Å². The van der Waals surface area contributed by atoms with Crippen LogP contribution in [0.15, 0.2) is 209 Å². The molecule has 2 heterocycles. The molecule has 0 fully saturated rings. The highest BCUT2D eigenvalue weighted by Gasteiger charge is 2.37. The summed E-state index contributed by atoms with van der Waals surface area (Å²) in [6, 6.07) is 71.7. The zero-order valence-corrected chi connectivity index (χ0v) is 33.3. The third-order valence-electron chi connectivity index (χ3n) is 12.7. The molecule has 1 aliphatic carbocycles. The second-order valence-electron chi connectivity index (χ2n) is 16.4. The Bertz CT molecular complexity index is 3440. The fourth-order valence-electron chi connectivity index (χ4n) is 9.73. The first-order valence-electron chi connectivity index (χ1n) is 20.7. The van der Waals surface area contributed by atoms with Crippen LogP contribution in [0.2, 0.25) is 0 Å². The van der Waals surface area contributed by atoms with E-state index in [1.165, 1.54) is 44.5 Å². The summed E-state index contributed by atoms with van der Waals surface area (Å²) < 4.78 is 13.1. The van der Waals surface area contributed by atoms with Gasteiger partial charge in [0, 0.05) is 43.9 Å². The number of hydrogen-bond acceptors (Lipinski definition) is 3. The Morgan fingerprint density at radius 3 is 1.62 bits per heavy atom. The van der Waals surface area contributed by atoms with E-state index < -0.39 is 0 Å². The molecule has 0 amide bonds. The molecule has 1 aliphatic rings. The average molecular weight is 770 g/mol. The average Bonchev–Trinajstić information content (AvgIpc) is 3.95. The molecule has 0 saturated carbocycles. The minimum atomic E-state index is -0.129. The molecule has 0 saturated heterocycles. The van der Waals surface area contributed by atoms with E-state index >= 15 is 0 Å². The van der Waals surface area contributed by atoms with Gasteiger partial charge in [0.25, 0.3) is 0 Å². The molecule has 0 unspecified atom stereocenters. The van der Waals surface area contributed by atoms with Gasteiger partial charge in [-0.3, -0.25) is 0 Å². The van der Waals surface area contributed by atoms with E-state index in [4.69, 9.17) is 8.83 Å². The first-order chi connectivity index (χ1) is 29.5. The van der Waals surface area contributed by atoms with Gasteiger partial charge < -0.3 is 13.7 Å². The van der Waals surface area contributed by atoms with Gasteiger partial charge in [0.2, 0.25) is 0 Å². The number of para-hydroxylation sites is 4. The molecule has 60 heavy (non-hydrogen) atoms. The van der Waals surface area contributed by atoms with E-state index in [1.807, 2.05) is 24.3 Å². The summed E-state index contributed by atoms with van der Waals surface area (Å²) >= 11 is 0. The van der Waals surface area contributed by atoms with Crippen molar-refractivity contribution in [1.82, 2.24) is 0 Å². The molecule has 9 aromatic carbocycles. The monoisotopic (exact) mass is 769 g/mol. The topological polar surface area (TPSA) is 29.5 Å². The van der Waals surface area contributed by atoms with E-state index in [0.29, 0.717) is 0 Å². The van der Waals surface area contributed by atoms with E-state index in [9.17, 15) is 0 Å². The van der Waals surface area contributed by atoms with Gasteiger partial charge >= 0.3 is 0 Å². The summed E-state index contributed by atoms with van der Waals surface area (Å²) in [4.78, 5) is 2.31. The molecule has 0 atom stereocenters. The molecular formula is C57H39NO2. The lowest BCUT2D eigenvalue weighted by atomic mass is 9.81. The molecule has 0 bridgehead atoms. The third-order valence-corrected chi connectivity index (χ3v) is 12.7. The van der Waals surface area contributed by atoms with E-state index in [-0.39, 0.29) is 5.41 Å². The lowest BCUT2D eigenvalue weighted by Crippen LogP contribution is -2.15. The summed E-state index contributed by atoms with van der Waals surface area (Å²) in [7, 11) is 0. The van der Waals surface area contributed by atoms with Gasteiger partial charge in [0.05, 0.1) is 5.69 Å². The molecular weight excluding hydrogens is 731 g/mol. The largest absolute Gasteiger partial charge is 0.455 e. The first-order valence-corrected chi connectivity index (χ1v) is 20.7. The van der Waals surface area contributed by atoms with Crippen molar-refractivity contribution >= 4 is 60.9 Å². The summed E-state index contributed by atoms with van der Waals surface area (Å²) in [5, 5.41) is 4.45. The SMILES string of the molecule is CC1(C)c2cc(-c3ccc(N(c4ccc(-c5cccc6c5oc5ccccc56)cc4)c4cccc5c4oc4ccccc45)cc3)ccc2-c2c(-c3ccccc3)cccc21. The maximum atomic E-state index is 6.64. The number of hydrogen-bond donors (Lipinski definition) is 0. The van der Waals surface area contributed by atoms with Crippen molar-refractivity contribution in [3.63, 3.8) is 0 Å². The van der Waals surface area contributed by atoms with Gasteiger partial charge in [-0.1, -0.05) is 166 Å². The summed E-state index contributed by atoms with van der Waals surface area (Å²) in [5.74, 6) is 0. The number of fused-ring (bicyclic) bond motifs is 9. The van der Waals surface area contributed by atoms with Gasteiger partial charge in [-0.15, -0.1) is 0 Å². The summed E-state index contributed by atoms with van der Waals surface area (Å²) in [6.07, 6.45) is 0. The Morgan fingerprint density at radius 1 is 0.367 bits per heavy atom. The van der Waals surface area contributed by atoms with Gasteiger partial charge in [-0.05, 0) is 98.6 Å². The molecule has 12 rings (SSSR count). The van der Waals surface area contributed by atoms with Crippen molar-refractivity contribution in [2.75, 3.05) is 4.90 Å². The fraction of sp³-hybridized carbons (Fsp3) is 0.0526. The molecule has 0 aliphatic heterocycles. The van der Waals surface area contributed by atoms with Crippen LogP contribution in [-0.2, 0) is 5.41 Å². The van der Waals surface area contributed by atoms with Crippen molar-refractivity contribution in [2.24, 2.45) is 0 Å². The van der Waals surface area contributed by atoms with Gasteiger partial charge in [-0.2, -0.15) is 0 Å². The van der Waals surface area contributed by atoms with Gasteiger partial charge in [0.1, 0.15) is 16.7 Å². The molecule has 284 valence electrons. The number of benzene rings is 9. The van der Waals surface area contributed by atoms with Crippen LogP contribution < -0.4 is 4.90 Å². The predicted molar refractivity (Wildman–Crippen MR) is 250 cm³/mol. The van der Waals surface area contributed by atoms with Crippen LogP contribution in [0.4, 0.5) is 17.1 Å². The van der Waals surface area contributed by atoms with Crippen molar-refractivity contribution in [3.05, 3.63) is 211 Å². The lowest BCUT2D eigenvalue weighted by Gasteiger charge is -2.26. The standard InChI is InChI=1S/C57H39NO2/c1-57(2)49-21-11-17-42(37-13-4-3-5-14-37)54(49)48-34-29-39(35-50(48)57)36-25-30-40(31-26-36)58(51-22-12-20-47-45-16-7-9-24-53(45)60-56(47)51)41-32-27-38(28-33-41)43-18-10-19-46-44-15-6-8-23-52(44)59-55(43)46/h3-35H,1-2H3. The zero-order valence-electron chi connectivity index (χ0n) is 33.3. The van der Waals surface area contributed by atoms with Crippen LogP contribution >= 0.6 is 0 Å². The predicted octanol–water partition coefficient (Wildman–Crippen LogP) is 16.3. The first kappa shape index (κ1) is 34.4.